The van der Waals surface area contributed by atoms with Gasteiger partial charge >= 0.3 is 5.97 Å². The van der Waals surface area contributed by atoms with E-state index in [1.807, 2.05) is 0 Å². The number of aromatic amines is 1. The van der Waals surface area contributed by atoms with Crippen LogP contribution in [0.2, 0.25) is 0 Å². The molecule has 0 radical (unpaired) electrons. The number of nitrogens with zero attached hydrogens (tertiary/aromatic N) is 4. The van der Waals surface area contributed by atoms with Gasteiger partial charge in [-0.3, -0.25) is 10.1 Å². The van der Waals surface area contributed by atoms with Crippen molar-refractivity contribution in [2.45, 2.75) is 19.8 Å². The zero-order valence-electron chi connectivity index (χ0n) is 13.2. The summed E-state index contributed by atoms with van der Waals surface area (Å²) in [7, 11) is 0. The number of hydrogen-bond acceptors (Lipinski definition) is 7. The highest BCUT2D eigenvalue weighted by Gasteiger charge is 2.26. The minimum Gasteiger partial charge on any atom is -0.461 e. The molecule has 24 heavy (non-hydrogen) atoms. The normalized spacial score (nSPS) is 14.0. The molecule has 0 amide bonds. The lowest BCUT2D eigenvalue weighted by molar-refractivity contribution is -0.384. The Morgan fingerprint density at radius 3 is 2.79 bits per heavy atom. The molecule has 126 valence electrons. The van der Waals surface area contributed by atoms with Gasteiger partial charge in [0, 0.05) is 36.5 Å². The molecule has 1 N–H and O–H groups in total. The van der Waals surface area contributed by atoms with Crippen molar-refractivity contribution < 1.29 is 14.5 Å². The van der Waals surface area contributed by atoms with Crippen molar-refractivity contribution >= 4 is 17.3 Å². The van der Waals surface area contributed by atoms with Crippen LogP contribution in [0.3, 0.4) is 0 Å². The predicted molar refractivity (Wildman–Crippen MR) is 85.9 cm³/mol. The second kappa shape index (κ2) is 6.65. The van der Waals surface area contributed by atoms with Crippen LogP contribution < -0.4 is 4.90 Å². The standard InChI is InChI=1S/C15H17N5O4/c1-2-24-15(21)14-13(16-18-17-14)11-9-10(20(22)23)5-6-12(11)19-7-3-4-8-19/h5-6,9H,2-4,7-8H2,1H3,(H,16,17,18). The number of nitro benzene ring substituents is 1. The third-order valence-corrected chi connectivity index (χ3v) is 3.91. The second-order valence-corrected chi connectivity index (χ2v) is 5.39. The lowest BCUT2D eigenvalue weighted by atomic mass is 10.1. The molecule has 0 bridgehead atoms. The molecule has 1 saturated heterocycles. The van der Waals surface area contributed by atoms with Crippen LogP contribution in [-0.4, -0.2) is 46.0 Å². The number of carbonyl (C=O) groups is 1. The van der Waals surface area contributed by atoms with Crippen molar-refractivity contribution in [3.63, 3.8) is 0 Å². The molecule has 9 heteroatoms. The van der Waals surface area contributed by atoms with E-state index in [-0.39, 0.29) is 23.7 Å². The van der Waals surface area contributed by atoms with Crippen LogP contribution in [0.15, 0.2) is 18.2 Å². The highest BCUT2D eigenvalue weighted by Crippen LogP contribution is 2.36. The number of anilines is 1. The number of aromatic nitrogens is 3. The van der Waals surface area contributed by atoms with E-state index < -0.39 is 10.9 Å². The van der Waals surface area contributed by atoms with Gasteiger partial charge < -0.3 is 9.64 Å². The maximum atomic E-state index is 12.1. The highest BCUT2D eigenvalue weighted by molar-refractivity contribution is 5.96. The summed E-state index contributed by atoms with van der Waals surface area (Å²) >= 11 is 0. The van der Waals surface area contributed by atoms with Crippen LogP contribution in [0.5, 0.6) is 0 Å². The number of non-ortho nitro benzene ring substituents is 1. The number of rotatable bonds is 5. The molecule has 2 aromatic rings. The van der Waals surface area contributed by atoms with Crippen LogP contribution in [0, 0.1) is 10.1 Å². The first kappa shape index (κ1) is 15.9. The maximum absolute atomic E-state index is 12.1. The maximum Gasteiger partial charge on any atom is 0.361 e. The third kappa shape index (κ3) is 2.92. The molecule has 1 aromatic carbocycles. The fraction of sp³-hybridized carbons (Fsp3) is 0.400. The van der Waals surface area contributed by atoms with Gasteiger partial charge in [0.1, 0.15) is 5.69 Å². The first-order valence-electron chi connectivity index (χ1n) is 7.73. The number of nitro groups is 1. The average molecular weight is 331 g/mol. The molecule has 9 nitrogen and oxygen atoms in total. The highest BCUT2D eigenvalue weighted by atomic mass is 16.6. The number of H-pyrrole nitrogens is 1. The summed E-state index contributed by atoms with van der Waals surface area (Å²) in [6.45, 7) is 3.62. The van der Waals surface area contributed by atoms with E-state index in [9.17, 15) is 14.9 Å². The number of benzene rings is 1. The van der Waals surface area contributed by atoms with Gasteiger partial charge in [-0.05, 0) is 25.8 Å². The van der Waals surface area contributed by atoms with Gasteiger partial charge in [0.05, 0.1) is 11.5 Å². The third-order valence-electron chi connectivity index (χ3n) is 3.91. The van der Waals surface area contributed by atoms with E-state index >= 15 is 0 Å². The first-order valence-corrected chi connectivity index (χ1v) is 7.73. The number of carbonyl (C=O) groups excluding carboxylic acids is 1. The summed E-state index contributed by atoms with van der Waals surface area (Å²) in [4.78, 5) is 24.8. The van der Waals surface area contributed by atoms with Crippen LogP contribution in [0.1, 0.15) is 30.3 Å². The Kier molecular flexibility index (Phi) is 4.41. The van der Waals surface area contributed by atoms with Gasteiger partial charge in [0.2, 0.25) is 0 Å². The molecule has 2 heterocycles. The largest absolute Gasteiger partial charge is 0.461 e. The van der Waals surface area contributed by atoms with Crippen LogP contribution in [0.4, 0.5) is 11.4 Å². The number of ether oxygens (including phenoxy) is 1. The summed E-state index contributed by atoms with van der Waals surface area (Å²) in [6, 6.07) is 4.58. The van der Waals surface area contributed by atoms with Crippen molar-refractivity contribution in [3.8, 4) is 11.3 Å². The molecule has 0 saturated carbocycles. The van der Waals surface area contributed by atoms with E-state index in [0.29, 0.717) is 5.56 Å². The van der Waals surface area contributed by atoms with E-state index in [2.05, 4.69) is 20.3 Å². The van der Waals surface area contributed by atoms with Crippen molar-refractivity contribution in [2.75, 3.05) is 24.6 Å². The Bertz CT molecular complexity index is 767. The van der Waals surface area contributed by atoms with E-state index in [0.717, 1.165) is 31.6 Å². The topological polar surface area (TPSA) is 114 Å². The molecule has 1 fully saturated rings. The van der Waals surface area contributed by atoms with Gasteiger partial charge in [0.25, 0.3) is 5.69 Å². The zero-order chi connectivity index (χ0) is 17.1. The molecule has 1 aliphatic rings. The quantitative estimate of drug-likeness (QED) is 0.507. The van der Waals surface area contributed by atoms with Crippen molar-refractivity contribution in [1.82, 2.24) is 15.4 Å². The molecule has 1 aromatic heterocycles. The summed E-state index contributed by atoms with van der Waals surface area (Å²) in [6.07, 6.45) is 2.11. The minimum atomic E-state index is -0.611. The number of nitrogens with one attached hydrogen (secondary N) is 1. The average Bonchev–Trinajstić information content (AvgIpc) is 3.26. The Morgan fingerprint density at radius 2 is 2.12 bits per heavy atom. The molecule has 3 rings (SSSR count). The Morgan fingerprint density at radius 1 is 1.38 bits per heavy atom. The van der Waals surface area contributed by atoms with Gasteiger partial charge in [-0.25, -0.2) is 4.79 Å². The lowest BCUT2D eigenvalue weighted by Gasteiger charge is -2.20. The monoisotopic (exact) mass is 331 g/mol. The number of hydrogen-bond donors (Lipinski definition) is 1. The van der Waals surface area contributed by atoms with Gasteiger partial charge in [-0.1, -0.05) is 0 Å². The van der Waals surface area contributed by atoms with E-state index in [1.165, 1.54) is 12.1 Å². The van der Waals surface area contributed by atoms with Crippen molar-refractivity contribution in [1.29, 1.82) is 0 Å². The molecule has 0 spiro atoms. The molecule has 0 atom stereocenters. The smallest absolute Gasteiger partial charge is 0.361 e. The van der Waals surface area contributed by atoms with Gasteiger partial charge in [0.15, 0.2) is 5.69 Å². The summed E-state index contributed by atoms with van der Waals surface area (Å²) < 4.78 is 4.98. The lowest BCUT2D eigenvalue weighted by Crippen LogP contribution is -2.19. The van der Waals surface area contributed by atoms with Crippen LogP contribution in [0.25, 0.3) is 11.3 Å². The molecular formula is C15H17N5O4. The first-order chi connectivity index (χ1) is 11.6. The van der Waals surface area contributed by atoms with Crippen molar-refractivity contribution in [3.05, 3.63) is 34.0 Å². The van der Waals surface area contributed by atoms with Crippen molar-refractivity contribution in [2.24, 2.45) is 0 Å². The Hall–Kier alpha value is -2.97. The van der Waals surface area contributed by atoms with Crippen LogP contribution in [-0.2, 0) is 4.74 Å². The Balaban J connectivity index is 2.11. The predicted octanol–water partition coefficient (Wildman–Crippen LogP) is 2.16. The Labute approximate surface area is 137 Å². The molecule has 0 aliphatic carbocycles. The zero-order valence-corrected chi connectivity index (χ0v) is 13.2. The fourth-order valence-electron chi connectivity index (χ4n) is 2.82. The van der Waals surface area contributed by atoms with Crippen LogP contribution >= 0.6 is 0 Å². The van der Waals surface area contributed by atoms with E-state index in [1.54, 1.807) is 13.0 Å². The van der Waals surface area contributed by atoms with E-state index in [4.69, 9.17) is 4.74 Å². The summed E-state index contributed by atoms with van der Waals surface area (Å²) in [5.74, 6) is -0.611. The summed E-state index contributed by atoms with van der Waals surface area (Å²) in [5.41, 5.74) is 1.53. The molecule has 0 unspecified atom stereocenters. The molecule has 1 aliphatic heterocycles. The van der Waals surface area contributed by atoms with Gasteiger partial charge in [-0.15, -0.1) is 5.10 Å². The minimum absolute atomic E-state index is 0.0257. The molecular weight excluding hydrogens is 314 g/mol. The number of esters is 1. The second-order valence-electron chi connectivity index (χ2n) is 5.39. The van der Waals surface area contributed by atoms with Gasteiger partial charge in [-0.2, -0.15) is 10.3 Å². The summed E-state index contributed by atoms with van der Waals surface area (Å²) in [5, 5.41) is 21.4. The fourth-order valence-corrected chi connectivity index (χ4v) is 2.82. The SMILES string of the molecule is CCOC(=O)c1n[nH]nc1-c1cc([N+](=O)[O-])ccc1N1CCCC1.